The average molecular weight is 198 g/mol. The molecule has 0 aliphatic heterocycles. The zero-order chi connectivity index (χ0) is 10.7. The van der Waals surface area contributed by atoms with Crippen molar-refractivity contribution >= 4 is 11.7 Å². The molecular weight excluding hydrogens is 180 g/mol. The number of hydrogen-bond donors (Lipinski definition) is 1. The first-order valence-corrected chi connectivity index (χ1v) is 5.07. The summed E-state index contributed by atoms with van der Waals surface area (Å²) in [6.45, 7) is 3.10. The molecule has 2 N–H and O–H groups in total. The number of hydrogen-bond acceptors (Lipinski definition) is 3. The normalized spacial score (nSPS) is 27.1. The van der Waals surface area contributed by atoms with E-state index < -0.39 is 0 Å². The Labute approximate surface area is 84.4 Å². The van der Waals surface area contributed by atoms with Gasteiger partial charge >= 0.3 is 0 Å². The summed E-state index contributed by atoms with van der Waals surface area (Å²) in [5, 5.41) is 1.30. The van der Waals surface area contributed by atoms with E-state index in [0.29, 0.717) is 0 Å². The van der Waals surface area contributed by atoms with Gasteiger partial charge in [0.2, 0.25) is 5.91 Å². The molecule has 0 saturated heterocycles. The summed E-state index contributed by atoms with van der Waals surface area (Å²) in [5.74, 6) is 5.96. The third kappa shape index (κ3) is 2.54. The Morgan fingerprint density at radius 2 is 1.64 bits per heavy atom. The van der Waals surface area contributed by atoms with Crippen molar-refractivity contribution in [2.75, 3.05) is 0 Å². The molecule has 1 fully saturated rings. The van der Waals surface area contributed by atoms with Gasteiger partial charge in [-0.3, -0.25) is 14.6 Å². The van der Waals surface area contributed by atoms with Gasteiger partial charge in [-0.25, -0.2) is 5.84 Å². The molecule has 0 radical (unpaired) electrons. The number of nitrogens with two attached hydrogens (primary N) is 1. The molecule has 4 nitrogen and oxygen atoms in total. The first kappa shape index (κ1) is 11.2. The largest absolute Gasteiger partial charge is 0.300 e. The van der Waals surface area contributed by atoms with E-state index in [2.05, 4.69) is 0 Å². The molecule has 4 heteroatoms. The molecule has 1 aliphatic carbocycles. The first-order valence-electron chi connectivity index (χ1n) is 5.07. The Morgan fingerprint density at radius 3 is 2.00 bits per heavy atom. The van der Waals surface area contributed by atoms with Crippen LogP contribution in [-0.2, 0) is 9.59 Å². The molecule has 0 heterocycles. The van der Waals surface area contributed by atoms with Crippen LogP contribution in [0, 0.1) is 5.92 Å². The molecule has 0 unspecified atom stereocenters. The lowest BCUT2D eigenvalue weighted by molar-refractivity contribution is -0.132. The lowest BCUT2D eigenvalue weighted by Gasteiger charge is -2.32. The zero-order valence-electron chi connectivity index (χ0n) is 8.82. The Morgan fingerprint density at radius 1 is 1.14 bits per heavy atom. The van der Waals surface area contributed by atoms with Crippen LogP contribution in [0.25, 0.3) is 0 Å². The highest BCUT2D eigenvalue weighted by Gasteiger charge is 2.27. The highest BCUT2D eigenvalue weighted by Crippen LogP contribution is 2.26. The van der Waals surface area contributed by atoms with E-state index >= 15 is 0 Å². The quantitative estimate of drug-likeness (QED) is 0.406. The minimum atomic E-state index is -0.101. The number of carbonyl (C=O) groups is 2. The average Bonchev–Trinajstić information content (AvgIpc) is 2.16. The van der Waals surface area contributed by atoms with Crippen LogP contribution in [0.4, 0.5) is 0 Å². The van der Waals surface area contributed by atoms with Gasteiger partial charge in [-0.05, 0) is 32.6 Å². The number of amides is 1. The van der Waals surface area contributed by atoms with Crippen molar-refractivity contribution in [1.29, 1.82) is 0 Å². The van der Waals surface area contributed by atoms with Crippen molar-refractivity contribution < 1.29 is 9.59 Å². The van der Waals surface area contributed by atoms with Crippen molar-refractivity contribution in [1.82, 2.24) is 5.01 Å². The smallest absolute Gasteiger partial charge is 0.233 e. The van der Waals surface area contributed by atoms with Gasteiger partial charge in [-0.2, -0.15) is 0 Å². The van der Waals surface area contributed by atoms with Crippen LogP contribution in [0.5, 0.6) is 0 Å². The molecule has 1 saturated carbocycles. The molecule has 1 amide bonds. The highest BCUT2D eigenvalue weighted by atomic mass is 16.2. The molecule has 0 aromatic heterocycles. The molecular formula is C10H18N2O2. The monoisotopic (exact) mass is 198 g/mol. The van der Waals surface area contributed by atoms with Crippen LogP contribution >= 0.6 is 0 Å². The Kier molecular flexibility index (Phi) is 3.63. The number of rotatable bonds is 2. The standard InChI is InChI=1S/C10H18N2O2/c1-7(13)9-3-5-10(6-4-9)12(11)8(2)14/h9-10H,3-6,11H2,1-2H3. The predicted octanol–water partition coefficient (Wildman–Crippen LogP) is 0.856. The van der Waals surface area contributed by atoms with Gasteiger partial charge in [0.05, 0.1) is 0 Å². The second kappa shape index (κ2) is 4.55. The second-order valence-corrected chi connectivity index (χ2v) is 4.04. The molecule has 1 aliphatic rings. The molecule has 1 rings (SSSR count). The van der Waals surface area contributed by atoms with Gasteiger partial charge in [0, 0.05) is 18.9 Å². The van der Waals surface area contributed by atoms with E-state index in [-0.39, 0.29) is 23.7 Å². The number of ketones is 1. The van der Waals surface area contributed by atoms with Gasteiger partial charge in [-0.15, -0.1) is 0 Å². The fourth-order valence-corrected chi connectivity index (χ4v) is 2.02. The number of Topliss-reactive ketones (excluding diaryl/α,β-unsaturated/α-hetero) is 1. The number of hydrazine groups is 1. The van der Waals surface area contributed by atoms with E-state index in [4.69, 9.17) is 5.84 Å². The zero-order valence-corrected chi connectivity index (χ0v) is 8.82. The lowest BCUT2D eigenvalue weighted by atomic mass is 9.84. The maximum Gasteiger partial charge on any atom is 0.233 e. The second-order valence-electron chi connectivity index (χ2n) is 4.04. The SMILES string of the molecule is CC(=O)C1CCC(N(N)C(C)=O)CC1. The van der Waals surface area contributed by atoms with Crippen molar-refractivity contribution in [3.05, 3.63) is 0 Å². The topological polar surface area (TPSA) is 63.4 Å². The lowest BCUT2D eigenvalue weighted by Crippen LogP contribution is -2.46. The summed E-state index contributed by atoms with van der Waals surface area (Å²) in [6.07, 6.45) is 3.42. The minimum absolute atomic E-state index is 0.101. The maximum absolute atomic E-state index is 11.1. The summed E-state index contributed by atoms with van der Waals surface area (Å²) >= 11 is 0. The molecule has 0 aromatic carbocycles. The Balaban J connectivity index is 2.43. The number of nitrogens with zero attached hydrogens (tertiary/aromatic N) is 1. The van der Waals surface area contributed by atoms with E-state index in [1.54, 1.807) is 6.92 Å². The van der Waals surface area contributed by atoms with Gasteiger partial charge in [0.25, 0.3) is 0 Å². The van der Waals surface area contributed by atoms with Crippen LogP contribution in [0.2, 0.25) is 0 Å². The van der Waals surface area contributed by atoms with Crippen molar-refractivity contribution in [3.63, 3.8) is 0 Å². The molecule has 0 aromatic rings. The molecule has 0 bridgehead atoms. The predicted molar refractivity (Wildman–Crippen MR) is 53.1 cm³/mol. The van der Waals surface area contributed by atoms with Crippen LogP contribution < -0.4 is 5.84 Å². The molecule has 80 valence electrons. The molecule has 0 spiro atoms. The molecule has 14 heavy (non-hydrogen) atoms. The van der Waals surface area contributed by atoms with Crippen LogP contribution in [0.3, 0.4) is 0 Å². The van der Waals surface area contributed by atoms with Crippen molar-refractivity contribution in [2.45, 2.75) is 45.6 Å². The fraction of sp³-hybridized carbons (Fsp3) is 0.800. The summed E-state index contributed by atoms with van der Waals surface area (Å²) in [7, 11) is 0. The van der Waals surface area contributed by atoms with Crippen LogP contribution in [0.1, 0.15) is 39.5 Å². The maximum atomic E-state index is 11.1. The van der Waals surface area contributed by atoms with Gasteiger partial charge < -0.3 is 0 Å². The van der Waals surface area contributed by atoms with Crippen molar-refractivity contribution in [2.24, 2.45) is 11.8 Å². The molecule has 0 atom stereocenters. The van der Waals surface area contributed by atoms with E-state index in [0.717, 1.165) is 25.7 Å². The fourth-order valence-electron chi connectivity index (χ4n) is 2.02. The Bertz CT molecular complexity index is 232. The van der Waals surface area contributed by atoms with Crippen molar-refractivity contribution in [3.8, 4) is 0 Å². The third-order valence-corrected chi connectivity index (χ3v) is 3.03. The minimum Gasteiger partial charge on any atom is -0.300 e. The number of carbonyl (C=O) groups excluding carboxylic acids is 2. The van der Waals surface area contributed by atoms with Crippen LogP contribution in [-0.4, -0.2) is 22.7 Å². The summed E-state index contributed by atoms with van der Waals surface area (Å²) in [4.78, 5) is 22.1. The summed E-state index contributed by atoms with van der Waals surface area (Å²) < 4.78 is 0. The van der Waals surface area contributed by atoms with E-state index in [1.165, 1.54) is 11.9 Å². The van der Waals surface area contributed by atoms with E-state index in [1.807, 2.05) is 0 Å². The van der Waals surface area contributed by atoms with Gasteiger partial charge in [0.1, 0.15) is 5.78 Å². The summed E-state index contributed by atoms with van der Waals surface area (Å²) in [6, 6.07) is 0.128. The van der Waals surface area contributed by atoms with E-state index in [9.17, 15) is 9.59 Å². The highest BCUT2D eigenvalue weighted by molar-refractivity contribution is 5.78. The first-order chi connectivity index (χ1) is 6.52. The summed E-state index contributed by atoms with van der Waals surface area (Å²) in [5.41, 5.74) is 0. The Hall–Kier alpha value is -0.900. The van der Waals surface area contributed by atoms with Gasteiger partial charge in [-0.1, -0.05) is 0 Å². The van der Waals surface area contributed by atoms with Gasteiger partial charge in [0.15, 0.2) is 0 Å². The van der Waals surface area contributed by atoms with Crippen LogP contribution in [0.15, 0.2) is 0 Å². The third-order valence-electron chi connectivity index (χ3n) is 3.03.